The van der Waals surface area contributed by atoms with Crippen molar-refractivity contribution in [1.82, 2.24) is 4.98 Å². The Balaban J connectivity index is 1.95. The number of para-hydroxylation sites is 1. The Kier molecular flexibility index (Phi) is 4.25. The molecule has 0 atom stereocenters. The van der Waals surface area contributed by atoms with Gasteiger partial charge < -0.3 is 4.74 Å². The van der Waals surface area contributed by atoms with Gasteiger partial charge in [0.2, 0.25) is 0 Å². The summed E-state index contributed by atoms with van der Waals surface area (Å²) < 4.78 is 6.20. The second-order valence-electron chi connectivity index (χ2n) is 3.57. The molecule has 0 aliphatic heterocycles. The Morgan fingerprint density at radius 2 is 2.22 bits per heavy atom. The van der Waals surface area contributed by atoms with Crippen LogP contribution in [0.5, 0.6) is 0 Å². The molecule has 1 aromatic heterocycles. The lowest BCUT2D eigenvalue weighted by molar-refractivity contribution is -0.139. The van der Waals surface area contributed by atoms with Crippen LogP contribution < -0.4 is 0 Å². The lowest BCUT2D eigenvalue weighted by atomic mass is 10.3. The average Bonchev–Trinajstić information content (AvgIpc) is 2.79. The monoisotopic (exact) mass is 259 g/mol. The van der Waals surface area contributed by atoms with E-state index in [4.69, 9.17) is 4.74 Å². The third kappa shape index (κ3) is 3.28. The standard InChI is InChI=1S/C14H13NO2S/c1-2-3-4-9-14(16)17-10-13-15-11-7-5-6-8-12(11)18-13/h2-9H,10H2,1H3. The van der Waals surface area contributed by atoms with Crippen molar-refractivity contribution in [3.8, 4) is 0 Å². The maximum absolute atomic E-state index is 11.3. The zero-order chi connectivity index (χ0) is 12.8. The van der Waals surface area contributed by atoms with Gasteiger partial charge in [-0.1, -0.05) is 30.4 Å². The van der Waals surface area contributed by atoms with E-state index in [2.05, 4.69) is 4.98 Å². The molecule has 0 amide bonds. The molecule has 0 aliphatic rings. The molecule has 0 unspecified atom stereocenters. The summed E-state index contributed by atoms with van der Waals surface area (Å²) in [6, 6.07) is 7.86. The second kappa shape index (κ2) is 6.12. The van der Waals surface area contributed by atoms with Crippen molar-refractivity contribution in [3.05, 3.63) is 53.6 Å². The van der Waals surface area contributed by atoms with Crippen molar-refractivity contribution in [2.24, 2.45) is 0 Å². The minimum absolute atomic E-state index is 0.221. The summed E-state index contributed by atoms with van der Waals surface area (Å²) in [5.41, 5.74) is 0.943. The van der Waals surface area contributed by atoms with Gasteiger partial charge >= 0.3 is 5.97 Å². The number of fused-ring (bicyclic) bond motifs is 1. The zero-order valence-corrected chi connectivity index (χ0v) is 10.8. The van der Waals surface area contributed by atoms with Crippen molar-refractivity contribution >= 4 is 27.5 Å². The molecule has 2 aromatic rings. The molecule has 18 heavy (non-hydrogen) atoms. The van der Waals surface area contributed by atoms with Gasteiger partial charge in [-0.05, 0) is 19.1 Å². The smallest absolute Gasteiger partial charge is 0.331 e. The number of allylic oxidation sites excluding steroid dienone is 3. The minimum atomic E-state index is -0.354. The van der Waals surface area contributed by atoms with Crippen molar-refractivity contribution in [3.63, 3.8) is 0 Å². The fourth-order valence-corrected chi connectivity index (χ4v) is 2.29. The first-order valence-electron chi connectivity index (χ1n) is 5.60. The summed E-state index contributed by atoms with van der Waals surface area (Å²) in [5.74, 6) is -0.354. The molecule has 1 aromatic carbocycles. The van der Waals surface area contributed by atoms with Crippen molar-refractivity contribution < 1.29 is 9.53 Å². The number of esters is 1. The topological polar surface area (TPSA) is 39.2 Å². The lowest BCUT2D eigenvalue weighted by Crippen LogP contribution is -2.00. The molecule has 3 nitrogen and oxygen atoms in total. The van der Waals surface area contributed by atoms with Crippen LogP contribution in [0.1, 0.15) is 11.9 Å². The van der Waals surface area contributed by atoms with E-state index in [1.165, 1.54) is 6.08 Å². The van der Waals surface area contributed by atoms with Gasteiger partial charge in [0.15, 0.2) is 0 Å². The molecule has 0 saturated carbocycles. The van der Waals surface area contributed by atoms with E-state index in [0.717, 1.165) is 15.2 Å². The van der Waals surface area contributed by atoms with Gasteiger partial charge in [-0.2, -0.15) is 0 Å². The van der Waals surface area contributed by atoms with Gasteiger partial charge in [0.1, 0.15) is 11.6 Å². The highest BCUT2D eigenvalue weighted by molar-refractivity contribution is 7.18. The SMILES string of the molecule is CC=CC=CC(=O)OCc1nc2ccccc2s1. The van der Waals surface area contributed by atoms with Crippen LogP contribution in [0.15, 0.2) is 48.6 Å². The molecule has 0 saturated heterocycles. The van der Waals surface area contributed by atoms with Gasteiger partial charge in [-0.3, -0.25) is 0 Å². The molecule has 4 heteroatoms. The number of hydrogen-bond donors (Lipinski definition) is 0. The first-order chi connectivity index (χ1) is 8.79. The molecule has 0 spiro atoms. The highest BCUT2D eigenvalue weighted by atomic mass is 32.1. The van der Waals surface area contributed by atoms with Crippen molar-refractivity contribution in [2.45, 2.75) is 13.5 Å². The van der Waals surface area contributed by atoms with Crippen molar-refractivity contribution in [2.75, 3.05) is 0 Å². The number of hydrogen-bond acceptors (Lipinski definition) is 4. The van der Waals surface area contributed by atoms with Gasteiger partial charge in [-0.15, -0.1) is 11.3 Å². The molecular weight excluding hydrogens is 246 g/mol. The summed E-state index contributed by atoms with van der Waals surface area (Å²) in [6.07, 6.45) is 6.67. The second-order valence-corrected chi connectivity index (χ2v) is 4.68. The van der Waals surface area contributed by atoms with Crippen LogP contribution in [-0.4, -0.2) is 11.0 Å². The van der Waals surface area contributed by atoms with E-state index in [1.807, 2.05) is 37.3 Å². The summed E-state index contributed by atoms with van der Waals surface area (Å²) in [4.78, 5) is 15.7. The summed E-state index contributed by atoms with van der Waals surface area (Å²) in [7, 11) is 0. The van der Waals surface area contributed by atoms with E-state index < -0.39 is 0 Å². The van der Waals surface area contributed by atoms with Gasteiger partial charge in [0.05, 0.1) is 10.2 Å². The summed E-state index contributed by atoms with van der Waals surface area (Å²) >= 11 is 1.54. The molecule has 0 N–H and O–H groups in total. The molecule has 0 aliphatic carbocycles. The van der Waals surface area contributed by atoms with Crippen LogP contribution in [0, 0.1) is 0 Å². The van der Waals surface area contributed by atoms with Crippen LogP contribution in [0.25, 0.3) is 10.2 Å². The molecular formula is C14H13NO2S. The van der Waals surface area contributed by atoms with Crippen LogP contribution in [0.4, 0.5) is 0 Å². The number of rotatable bonds is 4. The number of carbonyl (C=O) groups excluding carboxylic acids is 1. The minimum Gasteiger partial charge on any atom is -0.455 e. The number of thiazole rings is 1. The third-order valence-corrected chi connectivity index (χ3v) is 3.22. The molecule has 0 fully saturated rings. The Bertz CT molecular complexity index is 566. The van der Waals surface area contributed by atoms with E-state index in [0.29, 0.717) is 0 Å². The highest BCUT2D eigenvalue weighted by Gasteiger charge is 2.04. The average molecular weight is 259 g/mol. The number of benzene rings is 1. The van der Waals surface area contributed by atoms with Crippen LogP contribution in [-0.2, 0) is 16.1 Å². The summed E-state index contributed by atoms with van der Waals surface area (Å²) in [5, 5.41) is 0.809. The van der Waals surface area contributed by atoms with E-state index >= 15 is 0 Å². The number of aromatic nitrogens is 1. The lowest BCUT2D eigenvalue weighted by Gasteiger charge is -1.96. The van der Waals surface area contributed by atoms with Gasteiger partial charge in [-0.25, -0.2) is 9.78 Å². The molecule has 1 heterocycles. The Hall–Kier alpha value is -1.94. The third-order valence-electron chi connectivity index (χ3n) is 2.21. The van der Waals surface area contributed by atoms with Crippen LogP contribution >= 0.6 is 11.3 Å². The highest BCUT2D eigenvalue weighted by Crippen LogP contribution is 2.21. The quantitative estimate of drug-likeness (QED) is 0.479. The van der Waals surface area contributed by atoms with E-state index in [1.54, 1.807) is 23.5 Å². The largest absolute Gasteiger partial charge is 0.455 e. The van der Waals surface area contributed by atoms with Crippen LogP contribution in [0.2, 0.25) is 0 Å². The number of nitrogens with zero attached hydrogens (tertiary/aromatic N) is 1. The van der Waals surface area contributed by atoms with Crippen LogP contribution in [0.3, 0.4) is 0 Å². The molecule has 2 rings (SSSR count). The maximum Gasteiger partial charge on any atom is 0.331 e. The number of ether oxygens (including phenoxy) is 1. The zero-order valence-electron chi connectivity index (χ0n) is 10.00. The maximum atomic E-state index is 11.3. The molecule has 92 valence electrons. The van der Waals surface area contributed by atoms with E-state index in [9.17, 15) is 4.79 Å². The number of carbonyl (C=O) groups is 1. The predicted octanol–water partition coefficient (Wildman–Crippen LogP) is 3.47. The van der Waals surface area contributed by atoms with E-state index in [-0.39, 0.29) is 12.6 Å². The predicted molar refractivity (Wildman–Crippen MR) is 73.4 cm³/mol. The normalized spacial score (nSPS) is 11.6. The first kappa shape index (κ1) is 12.5. The Morgan fingerprint density at radius 1 is 1.39 bits per heavy atom. The van der Waals surface area contributed by atoms with Crippen molar-refractivity contribution in [1.29, 1.82) is 0 Å². The Morgan fingerprint density at radius 3 is 3.00 bits per heavy atom. The van der Waals surface area contributed by atoms with Gasteiger partial charge in [0, 0.05) is 6.08 Å². The Labute approximate surface area is 109 Å². The first-order valence-corrected chi connectivity index (χ1v) is 6.42. The molecule has 0 bridgehead atoms. The fourth-order valence-electron chi connectivity index (χ4n) is 1.41. The summed E-state index contributed by atoms with van der Waals surface area (Å²) in [6.45, 7) is 2.11. The fraction of sp³-hybridized carbons (Fsp3) is 0.143. The van der Waals surface area contributed by atoms with Gasteiger partial charge in [0.25, 0.3) is 0 Å². The molecule has 0 radical (unpaired) electrons.